The third kappa shape index (κ3) is 3.32. The van der Waals surface area contributed by atoms with E-state index in [0.717, 1.165) is 0 Å². The van der Waals surface area contributed by atoms with E-state index in [-0.39, 0.29) is 32.2 Å². The molecule has 1 heterocycles. The van der Waals surface area contributed by atoms with Crippen molar-refractivity contribution in [3.05, 3.63) is 102 Å². The molecule has 0 saturated heterocycles. The van der Waals surface area contributed by atoms with Gasteiger partial charge in [-0.15, -0.1) is 0 Å². The van der Waals surface area contributed by atoms with Crippen LogP contribution < -0.4 is 5.55 Å². The number of hydrogen-bond acceptors (Lipinski definition) is 5. The SMILES string of the molecule is N#Cc1c(-c2ccccc2)c(S(=O)(=O)c2ccccc2)c(-c2ccccc2)oc1=N. The Morgan fingerprint density at radius 2 is 1.27 bits per heavy atom. The molecule has 0 radical (unpaired) electrons. The summed E-state index contributed by atoms with van der Waals surface area (Å²) in [6, 6.07) is 27.4. The van der Waals surface area contributed by atoms with E-state index < -0.39 is 9.84 Å². The molecule has 0 aliphatic heterocycles. The second-order valence-electron chi connectivity index (χ2n) is 6.50. The van der Waals surface area contributed by atoms with Crippen LogP contribution in [0.5, 0.6) is 0 Å². The van der Waals surface area contributed by atoms with E-state index in [2.05, 4.69) is 0 Å². The molecule has 0 bridgehead atoms. The van der Waals surface area contributed by atoms with E-state index in [0.29, 0.717) is 11.1 Å². The summed E-state index contributed by atoms with van der Waals surface area (Å²) >= 11 is 0. The van der Waals surface area contributed by atoms with Gasteiger partial charge < -0.3 is 4.42 Å². The molecular weight excluding hydrogens is 396 g/mol. The van der Waals surface area contributed by atoms with Crippen LogP contribution in [0.15, 0.2) is 105 Å². The molecular formula is C24H16N2O3S. The van der Waals surface area contributed by atoms with Gasteiger partial charge in [-0.1, -0.05) is 78.9 Å². The minimum Gasteiger partial charge on any atom is -0.436 e. The average molecular weight is 412 g/mol. The highest BCUT2D eigenvalue weighted by Crippen LogP contribution is 2.39. The predicted octanol–water partition coefficient (Wildman–Crippen LogP) is 4.80. The Bertz CT molecular complexity index is 1400. The van der Waals surface area contributed by atoms with Crippen molar-refractivity contribution in [2.24, 2.45) is 0 Å². The number of nitrogens with one attached hydrogen (secondary N) is 1. The van der Waals surface area contributed by atoms with Crippen LogP contribution in [0.3, 0.4) is 0 Å². The van der Waals surface area contributed by atoms with Gasteiger partial charge in [0.25, 0.3) is 0 Å². The lowest BCUT2D eigenvalue weighted by Gasteiger charge is -2.16. The molecule has 0 spiro atoms. The minimum atomic E-state index is -4.07. The molecule has 1 N–H and O–H groups in total. The number of hydrogen-bond donors (Lipinski definition) is 1. The Morgan fingerprint density at radius 3 is 1.80 bits per heavy atom. The van der Waals surface area contributed by atoms with Crippen molar-refractivity contribution in [3.63, 3.8) is 0 Å². The maximum atomic E-state index is 13.8. The molecule has 4 aromatic rings. The molecule has 3 aromatic carbocycles. The van der Waals surface area contributed by atoms with Crippen LogP contribution in [0, 0.1) is 16.7 Å². The molecule has 0 aliphatic carbocycles. The first-order valence-corrected chi connectivity index (χ1v) is 10.6. The van der Waals surface area contributed by atoms with Gasteiger partial charge in [-0.25, -0.2) is 8.42 Å². The van der Waals surface area contributed by atoms with E-state index in [1.807, 2.05) is 6.07 Å². The first-order valence-electron chi connectivity index (χ1n) is 9.11. The fourth-order valence-corrected chi connectivity index (χ4v) is 4.92. The van der Waals surface area contributed by atoms with Crippen LogP contribution >= 0.6 is 0 Å². The molecule has 1 aromatic heterocycles. The minimum absolute atomic E-state index is 0.0299. The monoisotopic (exact) mass is 412 g/mol. The summed E-state index contributed by atoms with van der Waals surface area (Å²) in [4.78, 5) is -0.0465. The summed E-state index contributed by atoms with van der Waals surface area (Å²) in [7, 11) is -4.07. The normalized spacial score (nSPS) is 11.0. The van der Waals surface area contributed by atoms with E-state index >= 15 is 0 Å². The van der Waals surface area contributed by atoms with E-state index in [1.54, 1.807) is 78.9 Å². The molecule has 0 saturated carbocycles. The lowest BCUT2D eigenvalue weighted by atomic mass is 10.00. The third-order valence-corrected chi connectivity index (χ3v) is 6.47. The maximum Gasteiger partial charge on any atom is 0.230 e. The molecule has 0 amide bonds. The zero-order valence-electron chi connectivity index (χ0n) is 15.7. The van der Waals surface area contributed by atoms with Gasteiger partial charge in [0.05, 0.1) is 4.90 Å². The molecule has 0 atom stereocenters. The highest BCUT2D eigenvalue weighted by Gasteiger charge is 2.31. The summed E-state index contributed by atoms with van der Waals surface area (Å²) < 4.78 is 33.2. The zero-order chi connectivity index (χ0) is 21.1. The smallest absolute Gasteiger partial charge is 0.230 e. The van der Waals surface area contributed by atoms with Crippen LogP contribution in [0.25, 0.3) is 22.5 Å². The topological polar surface area (TPSA) is 94.9 Å². The van der Waals surface area contributed by atoms with Crippen molar-refractivity contribution in [1.82, 2.24) is 0 Å². The summed E-state index contributed by atoms with van der Waals surface area (Å²) in [6.45, 7) is 0. The van der Waals surface area contributed by atoms with Crippen LogP contribution in [0.2, 0.25) is 0 Å². The van der Waals surface area contributed by atoms with E-state index in [1.165, 1.54) is 12.1 Å². The van der Waals surface area contributed by atoms with Gasteiger partial charge in [0, 0.05) is 11.1 Å². The maximum absolute atomic E-state index is 13.8. The number of nitrogens with zero attached hydrogens (tertiary/aromatic N) is 1. The number of rotatable bonds is 4. The number of sulfone groups is 1. The van der Waals surface area contributed by atoms with Gasteiger partial charge in [0.1, 0.15) is 16.5 Å². The lowest BCUT2D eigenvalue weighted by Crippen LogP contribution is -2.15. The van der Waals surface area contributed by atoms with Crippen LogP contribution in [0.1, 0.15) is 5.56 Å². The zero-order valence-corrected chi connectivity index (χ0v) is 16.6. The first-order chi connectivity index (χ1) is 14.5. The quantitative estimate of drug-likeness (QED) is 0.521. The van der Waals surface area contributed by atoms with Crippen molar-refractivity contribution < 1.29 is 12.8 Å². The second-order valence-corrected chi connectivity index (χ2v) is 8.39. The fraction of sp³-hybridized carbons (Fsp3) is 0. The van der Waals surface area contributed by atoms with Gasteiger partial charge in [-0.05, 0) is 17.7 Å². The molecule has 30 heavy (non-hydrogen) atoms. The van der Waals surface area contributed by atoms with Gasteiger partial charge in [0.2, 0.25) is 15.4 Å². The van der Waals surface area contributed by atoms with E-state index in [4.69, 9.17) is 9.83 Å². The average Bonchev–Trinajstić information content (AvgIpc) is 2.80. The van der Waals surface area contributed by atoms with Crippen molar-refractivity contribution in [1.29, 1.82) is 10.7 Å². The molecule has 5 nitrogen and oxygen atoms in total. The van der Waals surface area contributed by atoms with Crippen LogP contribution in [-0.2, 0) is 9.84 Å². The standard InChI is InChI=1S/C24H16N2O3S/c25-16-20-21(17-10-4-1-5-11-17)23(30(27,28)19-14-8-3-9-15-19)22(29-24(20)26)18-12-6-2-7-13-18/h1-15,26H. The number of nitriles is 1. The Hall–Kier alpha value is -3.95. The Morgan fingerprint density at radius 1 is 0.767 bits per heavy atom. The van der Waals surface area contributed by atoms with Crippen LogP contribution in [0.4, 0.5) is 0 Å². The third-order valence-electron chi connectivity index (χ3n) is 4.65. The van der Waals surface area contributed by atoms with Gasteiger partial charge >= 0.3 is 0 Å². The molecule has 0 unspecified atom stereocenters. The summed E-state index contributed by atoms with van der Waals surface area (Å²) in [6.07, 6.45) is 0. The van der Waals surface area contributed by atoms with Crippen molar-refractivity contribution >= 4 is 9.84 Å². The Kier molecular flexibility index (Phi) is 5.05. The van der Waals surface area contributed by atoms with Gasteiger partial charge in [-0.3, -0.25) is 5.41 Å². The van der Waals surface area contributed by atoms with Crippen molar-refractivity contribution in [2.45, 2.75) is 9.79 Å². The van der Waals surface area contributed by atoms with Gasteiger partial charge in [-0.2, -0.15) is 5.26 Å². The molecule has 6 heteroatoms. The largest absolute Gasteiger partial charge is 0.436 e. The Labute approximate surface area is 173 Å². The summed E-state index contributed by atoms with van der Waals surface area (Å²) in [5.74, 6) is 0.0299. The van der Waals surface area contributed by atoms with Crippen molar-refractivity contribution in [2.75, 3.05) is 0 Å². The predicted molar refractivity (Wildman–Crippen MR) is 112 cm³/mol. The van der Waals surface area contributed by atoms with Gasteiger partial charge in [0.15, 0.2) is 5.76 Å². The van der Waals surface area contributed by atoms with E-state index in [9.17, 15) is 13.7 Å². The fourth-order valence-electron chi connectivity index (χ4n) is 3.28. The molecule has 146 valence electrons. The molecule has 0 aliphatic rings. The molecule has 4 rings (SSSR count). The summed E-state index contributed by atoms with van der Waals surface area (Å²) in [5, 5.41) is 18.0. The highest BCUT2D eigenvalue weighted by atomic mass is 32.2. The molecule has 0 fully saturated rings. The lowest BCUT2D eigenvalue weighted by molar-refractivity contribution is 0.486. The Balaban J connectivity index is 2.21. The second kappa shape index (κ2) is 7.82. The first kappa shape index (κ1) is 19.4. The summed E-state index contributed by atoms with van der Waals surface area (Å²) in [5.41, 5.74) is 0.668. The highest BCUT2D eigenvalue weighted by molar-refractivity contribution is 7.91. The van der Waals surface area contributed by atoms with Crippen LogP contribution in [-0.4, -0.2) is 8.42 Å². The number of benzene rings is 3. The van der Waals surface area contributed by atoms with Crippen molar-refractivity contribution in [3.8, 4) is 28.5 Å².